The first-order valence-electron chi connectivity index (χ1n) is 10.6. The van der Waals surface area contributed by atoms with Crippen LogP contribution in [0.1, 0.15) is 29.3 Å². The lowest BCUT2D eigenvalue weighted by molar-refractivity contribution is 0.0788. The zero-order chi connectivity index (χ0) is 21.1. The smallest absolute Gasteiger partial charge is 0.253 e. The van der Waals surface area contributed by atoms with Crippen LogP contribution >= 0.6 is 0 Å². The predicted molar refractivity (Wildman–Crippen MR) is 117 cm³/mol. The quantitative estimate of drug-likeness (QED) is 0.736. The molecule has 0 bridgehead atoms. The molecule has 0 radical (unpaired) electrons. The lowest BCUT2D eigenvalue weighted by Gasteiger charge is -2.34. The van der Waals surface area contributed by atoms with E-state index in [4.69, 9.17) is 0 Å². The van der Waals surface area contributed by atoms with E-state index < -0.39 is 10.0 Å². The average molecular weight is 428 g/mol. The molecule has 1 atom stereocenters. The van der Waals surface area contributed by atoms with Gasteiger partial charge in [0.15, 0.2) is 0 Å². The number of likely N-dealkylation sites (tertiary alicyclic amines) is 1. The largest absolute Gasteiger partial charge is 0.338 e. The number of carbonyl (C=O) groups is 1. The summed E-state index contributed by atoms with van der Waals surface area (Å²) in [6.07, 6.45) is 0.997. The Hall–Kier alpha value is -2.22. The van der Waals surface area contributed by atoms with Gasteiger partial charge in [-0.1, -0.05) is 43.3 Å². The maximum atomic E-state index is 13.2. The summed E-state index contributed by atoms with van der Waals surface area (Å²) in [5, 5.41) is 0. The standard InChI is InChI=1S/C23H29N3O3S/c1-19-10-11-25(17-19)23(27)21-8-5-9-22(16-21)30(28,29)26-14-12-24(13-15-26)18-20-6-3-2-4-7-20/h2-9,16,19H,10-15,17-18H2,1H3. The van der Waals surface area contributed by atoms with E-state index in [9.17, 15) is 13.2 Å². The third-order valence-electron chi connectivity index (χ3n) is 6.01. The molecule has 2 aromatic rings. The fourth-order valence-corrected chi connectivity index (χ4v) is 5.68. The highest BCUT2D eigenvalue weighted by Crippen LogP contribution is 2.22. The van der Waals surface area contributed by atoms with Gasteiger partial charge in [0.05, 0.1) is 4.90 Å². The Morgan fingerprint density at radius 3 is 2.37 bits per heavy atom. The molecule has 0 spiro atoms. The van der Waals surface area contributed by atoms with Gasteiger partial charge < -0.3 is 4.90 Å². The van der Waals surface area contributed by atoms with Crippen molar-refractivity contribution in [1.82, 2.24) is 14.1 Å². The van der Waals surface area contributed by atoms with Crippen molar-refractivity contribution in [3.05, 3.63) is 65.7 Å². The minimum atomic E-state index is -3.61. The third kappa shape index (κ3) is 4.58. The summed E-state index contributed by atoms with van der Waals surface area (Å²) in [6, 6.07) is 16.7. The van der Waals surface area contributed by atoms with Crippen LogP contribution in [0.25, 0.3) is 0 Å². The van der Waals surface area contributed by atoms with Gasteiger partial charge in [-0.3, -0.25) is 9.69 Å². The van der Waals surface area contributed by atoms with Crippen LogP contribution in [-0.2, 0) is 16.6 Å². The van der Waals surface area contributed by atoms with Gasteiger partial charge in [0.1, 0.15) is 0 Å². The molecule has 2 fully saturated rings. The molecule has 1 amide bonds. The van der Waals surface area contributed by atoms with Crippen LogP contribution in [0.4, 0.5) is 0 Å². The second-order valence-electron chi connectivity index (χ2n) is 8.34. The highest BCUT2D eigenvalue weighted by molar-refractivity contribution is 7.89. The van der Waals surface area contributed by atoms with E-state index in [2.05, 4.69) is 24.0 Å². The number of hydrogen-bond acceptors (Lipinski definition) is 4. The van der Waals surface area contributed by atoms with Gasteiger partial charge in [-0.15, -0.1) is 0 Å². The van der Waals surface area contributed by atoms with Crippen molar-refractivity contribution in [3.63, 3.8) is 0 Å². The number of hydrogen-bond donors (Lipinski definition) is 0. The summed E-state index contributed by atoms with van der Waals surface area (Å²) < 4.78 is 27.9. The summed E-state index contributed by atoms with van der Waals surface area (Å²) in [7, 11) is -3.61. The van der Waals surface area contributed by atoms with Crippen molar-refractivity contribution in [2.75, 3.05) is 39.3 Å². The summed E-state index contributed by atoms with van der Waals surface area (Å²) in [4.78, 5) is 17.1. The van der Waals surface area contributed by atoms with Gasteiger partial charge in [0.25, 0.3) is 5.91 Å². The van der Waals surface area contributed by atoms with Crippen LogP contribution in [0.15, 0.2) is 59.5 Å². The van der Waals surface area contributed by atoms with Gasteiger partial charge in [-0.25, -0.2) is 8.42 Å². The van der Waals surface area contributed by atoms with E-state index in [1.807, 2.05) is 23.1 Å². The highest BCUT2D eigenvalue weighted by atomic mass is 32.2. The van der Waals surface area contributed by atoms with Gasteiger partial charge >= 0.3 is 0 Å². The maximum Gasteiger partial charge on any atom is 0.253 e. The van der Waals surface area contributed by atoms with Crippen LogP contribution in [0, 0.1) is 5.92 Å². The number of rotatable bonds is 5. The highest BCUT2D eigenvalue weighted by Gasteiger charge is 2.30. The molecule has 0 aliphatic carbocycles. The van der Waals surface area contributed by atoms with Crippen LogP contribution in [0.2, 0.25) is 0 Å². The average Bonchev–Trinajstić information content (AvgIpc) is 3.21. The number of nitrogens with zero attached hydrogens (tertiary/aromatic N) is 3. The molecular formula is C23H29N3O3S. The Kier molecular flexibility index (Phi) is 6.22. The minimum Gasteiger partial charge on any atom is -0.338 e. The van der Waals surface area contributed by atoms with E-state index in [0.29, 0.717) is 37.7 Å². The first-order valence-corrected chi connectivity index (χ1v) is 12.0. The monoisotopic (exact) mass is 427 g/mol. The first kappa shape index (κ1) is 21.0. The Bertz CT molecular complexity index is 986. The van der Waals surface area contributed by atoms with Gasteiger partial charge in [0.2, 0.25) is 10.0 Å². The zero-order valence-electron chi connectivity index (χ0n) is 17.4. The molecule has 0 aromatic heterocycles. The Morgan fingerprint density at radius 1 is 0.967 bits per heavy atom. The topological polar surface area (TPSA) is 60.9 Å². The van der Waals surface area contributed by atoms with Crippen molar-refractivity contribution in [2.24, 2.45) is 5.92 Å². The lowest BCUT2D eigenvalue weighted by Crippen LogP contribution is -2.48. The normalized spacial score (nSPS) is 21.1. The fraction of sp³-hybridized carbons (Fsp3) is 0.435. The summed E-state index contributed by atoms with van der Waals surface area (Å²) in [5.74, 6) is 0.414. The number of sulfonamides is 1. The van der Waals surface area contributed by atoms with Crippen LogP contribution in [0.5, 0.6) is 0 Å². The fourth-order valence-electron chi connectivity index (χ4n) is 4.21. The molecule has 2 aliphatic heterocycles. The van der Waals surface area contributed by atoms with Crippen molar-refractivity contribution < 1.29 is 13.2 Å². The van der Waals surface area contributed by atoms with E-state index in [1.54, 1.807) is 18.2 Å². The van der Waals surface area contributed by atoms with E-state index >= 15 is 0 Å². The molecule has 160 valence electrons. The van der Waals surface area contributed by atoms with Crippen LogP contribution < -0.4 is 0 Å². The second-order valence-corrected chi connectivity index (χ2v) is 10.3. The number of piperazine rings is 1. The molecule has 2 saturated heterocycles. The van der Waals surface area contributed by atoms with E-state index in [-0.39, 0.29) is 10.8 Å². The van der Waals surface area contributed by atoms with Gasteiger partial charge in [0, 0.05) is 51.4 Å². The van der Waals surface area contributed by atoms with Crippen molar-refractivity contribution in [2.45, 2.75) is 24.8 Å². The lowest BCUT2D eigenvalue weighted by atomic mass is 10.2. The number of benzene rings is 2. The predicted octanol–water partition coefficient (Wildman–Crippen LogP) is 2.68. The Balaban J connectivity index is 1.42. The SMILES string of the molecule is CC1CCN(C(=O)c2cccc(S(=O)(=O)N3CCN(Cc4ccccc4)CC3)c2)C1. The Labute approximate surface area is 179 Å². The molecule has 4 rings (SSSR count). The summed E-state index contributed by atoms with van der Waals surface area (Å²) in [6.45, 7) is 6.73. The van der Waals surface area contributed by atoms with Crippen LogP contribution in [0.3, 0.4) is 0 Å². The number of amides is 1. The Morgan fingerprint density at radius 2 is 1.70 bits per heavy atom. The molecule has 2 heterocycles. The first-order chi connectivity index (χ1) is 14.4. The second kappa shape index (κ2) is 8.88. The van der Waals surface area contributed by atoms with E-state index in [0.717, 1.165) is 26.1 Å². The van der Waals surface area contributed by atoms with Crippen molar-refractivity contribution >= 4 is 15.9 Å². The molecule has 7 heteroatoms. The molecule has 0 saturated carbocycles. The van der Waals surface area contributed by atoms with Crippen LogP contribution in [-0.4, -0.2) is 67.7 Å². The molecule has 0 N–H and O–H groups in total. The van der Waals surface area contributed by atoms with Gasteiger partial charge in [-0.05, 0) is 36.1 Å². The zero-order valence-corrected chi connectivity index (χ0v) is 18.2. The molecule has 2 aromatic carbocycles. The maximum absolute atomic E-state index is 13.2. The third-order valence-corrected chi connectivity index (χ3v) is 7.90. The van der Waals surface area contributed by atoms with Gasteiger partial charge in [-0.2, -0.15) is 4.31 Å². The molecule has 1 unspecified atom stereocenters. The summed E-state index contributed by atoms with van der Waals surface area (Å²) in [5.41, 5.74) is 1.68. The summed E-state index contributed by atoms with van der Waals surface area (Å²) >= 11 is 0. The minimum absolute atomic E-state index is 0.0796. The molecular weight excluding hydrogens is 398 g/mol. The van der Waals surface area contributed by atoms with Crippen molar-refractivity contribution in [3.8, 4) is 0 Å². The van der Waals surface area contributed by atoms with Crippen molar-refractivity contribution in [1.29, 1.82) is 0 Å². The molecule has 2 aliphatic rings. The molecule has 6 nitrogen and oxygen atoms in total. The van der Waals surface area contributed by atoms with E-state index in [1.165, 1.54) is 15.9 Å². The molecule has 30 heavy (non-hydrogen) atoms. The number of carbonyl (C=O) groups excluding carboxylic acids is 1.